The van der Waals surface area contributed by atoms with Crippen LogP contribution in [-0.4, -0.2) is 39.4 Å². The van der Waals surface area contributed by atoms with Crippen LogP contribution in [0.4, 0.5) is 0 Å². The fourth-order valence-corrected chi connectivity index (χ4v) is 2.66. The number of aryl methyl sites for hydroxylation is 1. The maximum atomic E-state index is 12.0. The molecule has 1 aromatic carbocycles. The van der Waals surface area contributed by atoms with Crippen LogP contribution in [0.3, 0.4) is 0 Å². The monoisotopic (exact) mass is 272 g/mol. The summed E-state index contributed by atoms with van der Waals surface area (Å²) in [7, 11) is -1.15. The van der Waals surface area contributed by atoms with Crippen molar-refractivity contribution < 1.29 is 23.1 Å². The highest BCUT2D eigenvalue weighted by atomic mass is 32.2. The van der Waals surface area contributed by atoms with E-state index in [9.17, 15) is 18.3 Å². The second-order valence-corrected chi connectivity index (χ2v) is 5.81. The highest BCUT2D eigenvalue weighted by molar-refractivity contribution is 7.89. The molecule has 0 atom stereocenters. The number of carbonyl (C=O) groups excluding carboxylic acids is 1. The van der Waals surface area contributed by atoms with Gasteiger partial charge in [0.05, 0.1) is 24.5 Å². The van der Waals surface area contributed by atoms with Crippen LogP contribution in [0.25, 0.3) is 0 Å². The first-order valence-corrected chi connectivity index (χ1v) is 6.54. The molecule has 0 aliphatic rings. The van der Waals surface area contributed by atoms with Crippen molar-refractivity contribution >= 4 is 16.0 Å². The molecule has 0 aromatic heterocycles. The Labute approximate surface area is 106 Å². The largest absolute Gasteiger partial charge is 0.549 e. The van der Waals surface area contributed by atoms with Crippen molar-refractivity contribution in [3.05, 3.63) is 23.8 Å². The van der Waals surface area contributed by atoms with Gasteiger partial charge < -0.3 is 14.6 Å². The zero-order chi connectivity index (χ0) is 13.9. The van der Waals surface area contributed by atoms with Crippen molar-refractivity contribution in [3.63, 3.8) is 0 Å². The van der Waals surface area contributed by atoms with Crippen molar-refractivity contribution in [2.24, 2.45) is 0 Å². The molecule has 18 heavy (non-hydrogen) atoms. The highest BCUT2D eigenvalue weighted by Crippen LogP contribution is 2.22. The van der Waals surface area contributed by atoms with Gasteiger partial charge in [-0.2, -0.15) is 4.31 Å². The van der Waals surface area contributed by atoms with Gasteiger partial charge in [0.2, 0.25) is 10.0 Å². The number of aliphatic carboxylic acids is 1. The minimum Gasteiger partial charge on any atom is -0.549 e. The van der Waals surface area contributed by atoms with Crippen LogP contribution < -0.4 is 9.84 Å². The van der Waals surface area contributed by atoms with Gasteiger partial charge in [-0.15, -0.1) is 0 Å². The number of hydrogen-bond acceptors (Lipinski definition) is 5. The smallest absolute Gasteiger partial charge is 0.243 e. The van der Waals surface area contributed by atoms with E-state index in [0.717, 1.165) is 4.31 Å². The molecule has 1 aromatic rings. The molecule has 1 rings (SSSR count). The van der Waals surface area contributed by atoms with Gasteiger partial charge >= 0.3 is 0 Å². The van der Waals surface area contributed by atoms with Crippen LogP contribution in [0, 0.1) is 6.92 Å². The third-order valence-corrected chi connectivity index (χ3v) is 4.23. The number of benzene rings is 1. The minimum absolute atomic E-state index is 0.0181. The van der Waals surface area contributed by atoms with Gasteiger partial charge in [0.15, 0.2) is 0 Å². The molecule has 0 N–H and O–H groups in total. The number of methoxy groups -OCH3 is 1. The number of hydrogen-bond donors (Lipinski definition) is 0. The Hall–Kier alpha value is -1.60. The van der Waals surface area contributed by atoms with E-state index >= 15 is 0 Å². The molecule has 0 spiro atoms. The number of rotatable bonds is 5. The van der Waals surface area contributed by atoms with Crippen molar-refractivity contribution in [2.45, 2.75) is 11.8 Å². The fraction of sp³-hybridized carbons (Fsp3) is 0.364. The van der Waals surface area contributed by atoms with Crippen LogP contribution in [0.2, 0.25) is 0 Å². The average molecular weight is 272 g/mol. The molecular formula is C11H14NO5S-. The van der Waals surface area contributed by atoms with Crippen molar-refractivity contribution in [1.29, 1.82) is 0 Å². The zero-order valence-corrected chi connectivity index (χ0v) is 11.2. The number of carboxylic acid groups (broad SMARTS) is 1. The van der Waals surface area contributed by atoms with E-state index in [1.807, 2.05) is 0 Å². The van der Waals surface area contributed by atoms with E-state index in [0.29, 0.717) is 11.3 Å². The average Bonchev–Trinajstić information content (AvgIpc) is 2.27. The molecule has 7 heteroatoms. The number of sulfonamides is 1. The van der Waals surface area contributed by atoms with E-state index in [-0.39, 0.29) is 4.90 Å². The SMILES string of the molecule is COc1ccc(S(=O)(=O)N(C)CC(=O)[O-])cc1C. The lowest BCUT2D eigenvalue weighted by atomic mass is 10.2. The van der Waals surface area contributed by atoms with Crippen LogP contribution in [0.1, 0.15) is 5.56 Å². The summed E-state index contributed by atoms with van der Waals surface area (Å²) in [6.45, 7) is 1.02. The maximum Gasteiger partial charge on any atom is 0.243 e. The van der Waals surface area contributed by atoms with E-state index in [2.05, 4.69) is 0 Å². The Kier molecular flexibility index (Phi) is 4.31. The highest BCUT2D eigenvalue weighted by Gasteiger charge is 2.21. The van der Waals surface area contributed by atoms with Gasteiger partial charge in [-0.1, -0.05) is 0 Å². The quantitative estimate of drug-likeness (QED) is 0.712. The standard InChI is InChI=1S/C11H15NO5S/c1-8-6-9(4-5-10(8)17-3)18(15,16)12(2)7-11(13)14/h4-6H,7H2,1-3H3,(H,13,14)/p-1. The lowest BCUT2D eigenvalue weighted by molar-refractivity contribution is -0.305. The van der Waals surface area contributed by atoms with Gasteiger partial charge in [-0.05, 0) is 30.7 Å². The van der Waals surface area contributed by atoms with Gasteiger partial charge in [0.1, 0.15) is 5.75 Å². The van der Waals surface area contributed by atoms with E-state index < -0.39 is 22.5 Å². The molecule has 100 valence electrons. The lowest BCUT2D eigenvalue weighted by Gasteiger charge is -2.18. The fourth-order valence-electron chi connectivity index (χ4n) is 1.46. The number of carbonyl (C=O) groups is 1. The number of likely N-dealkylation sites (N-methyl/N-ethyl adjacent to an activating group) is 1. The molecule has 0 fully saturated rings. The van der Waals surface area contributed by atoms with Crippen LogP contribution in [0.5, 0.6) is 5.75 Å². The third kappa shape index (κ3) is 2.99. The molecule has 0 amide bonds. The topological polar surface area (TPSA) is 86.7 Å². The number of carboxylic acids is 1. The molecule has 0 unspecified atom stereocenters. The number of nitrogens with zero attached hydrogens (tertiary/aromatic N) is 1. The summed E-state index contributed by atoms with van der Waals surface area (Å²) in [5, 5.41) is 10.4. The van der Waals surface area contributed by atoms with Crippen molar-refractivity contribution in [3.8, 4) is 5.75 Å². The summed E-state index contributed by atoms with van der Waals surface area (Å²) < 4.78 is 29.8. The summed E-state index contributed by atoms with van der Waals surface area (Å²) in [5.41, 5.74) is 0.653. The Balaban J connectivity index is 3.13. The normalized spacial score (nSPS) is 11.6. The Morgan fingerprint density at radius 3 is 2.50 bits per heavy atom. The Bertz CT molecular complexity index is 553. The number of ether oxygens (including phenoxy) is 1. The summed E-state index contributed by atoms with van der Waals surface area (Å²) in [5.74, 6) is -0.886. The molecule has 0 radical (unpaired) electrons. The van der Waals surface area contributed by atoms with Crippen LogP contribution in [-0.2, 0) is 14.8 Å². The lowest BCUT2D eigenvalue weighted by Crippen LogP contribution is -2.39. The summed E-state index contributed by atoms with van der Waals surface area (Å²) in [4.78, 5) is 10.4. The first-order valence-electron chi connectivity index (χ1n) is 5.10. The first-order chi connectivity index (χ1) is 8.28. The summed E-state index contributed by atoms with van der Waals surface area (Å²) in [6, 6.07) is 4.32. The molecule has 0 aliphatic carbocycles. The molecule has 0 heterocycles. The summed E-state index contributed by atoms with van der Waals surface area (Å²) >= 11 is 0. The van der Waals surface area contributed by atoms with Gasteiger partial charge in [0, 0.05) is 7.05 Å². The molecule has 0 saturated heterocycles. The van der Waals surface area contributed by atoms with Crippen LogP contribution >= 0.6 is 0 Å². The predicted molar refractivity (Wildman–Crippen MR) is 62.6 cm³/mol. The van der Waals surface area contributed by atoms with E-state index in [4.69, 9.17) is 4.74 Å². The molecule has 0 aliphatic heterocycles. The zero-order valence-electron chi connectivity index (χ0n) is 10.3. The molecule has 0 saturated carbocycles. The molecule has 0 bridgehead atoms. The molecular weight excluding hydrogens is 258 g/mol. The maximum absolute atomic E-state index is 12.0. The van der Waals surface area contributed by atoms with E-state index in [1.54, 1.807) is 6.92 Å². The Morgan fingerprint density at radius 2 is 2.06 bits per heavy atom. The summed E-state index contributed by atoms with van der Waals surface area (Å²) in [6.07, 6.45) is 0. The minimum atomic E-state index is -3.82. The predicted octanol–water partition coefficient (Wildman–Crippen LogP) is -0.626. The van der Waals surface area contributed by atoms with Gasteiger partial charge in [-0.3, -0.25) is 0 Å². The van der Waals surface area contributed by atoms with Crippen molar-refractivity contribution in [1.82, 2.24) is 4.31 Å². The second kappa shape index (κ2) is 5.36. The molecule has 6 nitrogen and oxygen atoms in total. The van der Waals surface area contributed by atoms with Crippen molar-refractivity contribution in [2.75, 3.05) is 20.7 Å². The van der Waals surface area contributed by atoms with Gasteiger partial charge in [-0.25, -0.2) is 8.42 Å². The van der Waals surface area contributed by atoms with Crippen LogP contribution in [0.15, 0.2) is 23.1 Å². The van der Waals surface area contributed by atoms with E-state index in [1.165, 1.54) is 32.4 Å². The second-order valence-electron chi connectivity index (χ2n) is 3.76. The first kappa shape index (κ1) is 14.5. The Morgan fingerprint density at radius 1 is 1.44 bits per heavy atom. The third-order valence-electron chi connectivity index (χ3n) is 2.43. The van der Waals surface area contributed by atoms with Gasteiger partial charge in [0.25, 0.3) is 0 Å².